The molecule has 0 atom stereocenters. The summed E-state index contributed by atoms with van der Waals surface area (Å²) in [4.78, 5) is 10.9. The zero-order chi connectivity index (χ0) is 9.68. The van der Waals surface area contributed by atoms with Crippen LogP contribution in [0.25, 0.3) is 6.08 Å². The minimum Gasteiger partial charge on any atom is -0.492 e. The van der Waals surface area contributed by atoms with Gasteiger partial charge in [0, 0.05) is 15.9 Å². The second-order valence-corrected chi connectivity index (χ2v) is 3.12. The topological polar surface area (TPSA) is 26.3 Å². The Kier molecular flexibility index (Phi) is 3.71. The van der Waals surface area contributed by atoms with Crippen LogP contribution >= 0.6 is 15.9 Å². The minimum absolute atomic E-state index is 0.251. The Morgan fingerprint density at radius 2 is 2.00 bits per heavy atom. The van der Waals surface area contributed by atoms with Crippen LogP contribution in [0.3, 0.4) is 0 Å². The highest BCUT2D eigenvalue weighted by Gasteiger charge is 2.03. The molecule has 1 rings (SSSR count). The molecule has 0 aromatic heterocycles. The molecule has 1 aromatic carbocycles. The van der Waals surface area contributed by atoms with E-state index >= 15 is 0 Å². The van der Waals surface area contributed by atoms with E-state index in [2.05, 4.69) is 15.9 Å². The summed E-state index contributed by atoms with van der Waals surface area (Å²) in [6.45, 7) is 0. The summed E-state index contributed by atoms with van der Waals surface area (Å²) in [5, 5.41) is 0. The van der Waals surface area contributed by atoms with E-state index in [1.165, 1.54) is 7.11 Å². The van der Waals surface area contributed by atoms with Crippen molar-refractivity contribution in [1.29, 1.82) is 0 Å². The van der Waals surface area contributed by atoms with Crippen LogP contribution in [0.2, 0.25) is 0 Å². The summed E-state index contributed by atoms with van der Waals surface area (Å²) in [6.07, 6.45) is 1.68. The molecule has 0 bridgehead atoms. The monoisotopic (exact) mass is 240 g/mol. The van der Waals surface area contributed by atoms with Gasteiger partial charge in [-0.05, 0) is 11.6 Å². The third-order valence-electron chi connectivity index (χ3n) is 1.51. The van der Waals surface area contributed by atoms with Gasteiger partial charge in [0.1, 0.15) is 0 Å². The summed E-state index contributed by atoms with van der Waals surface area (Å²) in [5.74, 6) is 0.297. The highest BCUT2D eigenvalue weighted by Crippen LogP contribution is 2.10. The predicted octanol–water partition coefficient (Wildman–Crippen LogP) is 2.60. The van der Waals surface area contributed by atoms with Gasteiger partial charge in [-0.15, -0.1) is 0 Å². The zero-order valence-electron chi connectivity index (χ0n) is 7.16. The number of rotatable bonds is 3. The molecule has 0 saturated heterocycles. The van der Waals surface area contributed by atoms with Crippen molar-refractivity contribution in [3.63, 3.8) is 0 Å². The largest absolute Gasteiger partial charge is 0.492 e. The third kappa shape index (κ3) is 3.03. The summed E-state index contributed by atoms with van der Waals surface area (Å²) in [5.41, 5.74) is 0.937. The van der Waals surface area contributed by atoms with Crippen LogP contribution in [0.1, 0.15) is 5.56 Å². The fourth-order valence-corrected chi connectivity index (χ4v) is 1.17. The summed E-state index contributed by atoms with van der Waals surface area (Å²) < 4.78 is 4.63. The van der Waals surface area contributed by atoms with Gasteiger partial charge in [0.15, 0.2) is 5.76 Å². The zero-order valence-corrected chi connectivity index (χ0v) is 8.74. The normalized spacial score (nSPS) is 11.1. The van der Waals surface area contributed by atoms with Gasteiger partial charge >= 0.3 is 0 Å². The summed E-state index contributed by atoms with van der Waals surface area (Å²) in [7, 11) is 1.47. The van der Waals surface area contributed by atoms with Crippen molar-refractivity contribution in [2.45, 2.75) is 0 Å². The Balaban J connectivity index is 2.92. The molecule has 0 heterocycles. The van der Waals surface area contributed by atoms with Crippen molar-refractivity contribution in [1.82, 2.24) is 0 Å². The van der Waals surface area contributed by atoms with Gasteiger partial charge in [-0.25, -0.2) is 0 Å². The molecule has 0 fully saturated rings. The molecule has 0 aliphatic rings. The van der Waals surface area contributed by atoms with Crippen molar-refractivity contribution < 1.29 is 9.53 Å². The first-order valence-corrected chi connectivity index (χ1v) is 4.54. The Morgan fingerprint density at radius 3 is 2.46 bits per heavy atom. The number of benzene rings is 1. The van der Waals surface area contributed by atoms with Gasteiger partial charge in [0.2, 0.25) is 0 Å². The van der Waals surface area contributed by atoms with Gasteiger partial charge in [-0.1, -0.05) is 30.3 Å². The van der Waals surface area contributed by atoms with Gasteiger partial charge < -0.3 is 4.74 Å². The number of carbonyl (C=O) groups is 1. The van der Waals surface area contributed by atoms with Crippen LogP contribution in [0, 0.1) is 0 Å². The molecule has 0 spiro atoms. The smallest absolute Gasteiger partial charge is 0.262 e. The van der Waals surface area contributed by atoms with E-state index in [0.717, 1.165) is 5.56 Å². The van der Waals surface area contributed by atoms with Gasteiger partial charge in [-0.3, -0.25) is 4.79 Å². The van der Waals surface area contributed by atoms with Gasteiger partial charge in [0.25, 0.3) is 4.69 Å². The lowest BCUT2D eigenvalue weighted by molar-refractivity contribution is -0.109. The Bertz CT molecular complexity index is 317. The average molecular weight is 241 g/mol. The maximum absolute atomic E-state index is 10.9. The number of methoxy groups -OCH3 is 1. The fourth-order valence-electron chi connectivity index (χ4n) is 0.897. The van der Waals surface area contributed by atoms with Crippen molar-refractivity contribution in [3.8, 4) is 0 Å². The second-order valence-electron chi connectivity index (χ2n) is 2.40. The number of hydrogen-bond donors (Lipinski definition) is 0. The van der Waals surface area contributed by atoms with Crippen molar-refractivity contribution in [2.75, 3.05) is 7.11 Å². The Hall–Kier alpha value is -1.09. The standard InChI is InChI=1S/C10H9BrO2/c1-13-9(10(11)12)7-8-5-3-2-4-6-8/h2-7H,1H3. The van der Waals surface area contributed by atoms with E-state index in [1.807, 2.05) is 30.3 Å². The molecular weight excluding hydrogens is 232 g/mol. The molecule has 0 amide bonds. The lowest BCUT2D eigenvalue weighted by Gasteiger charge is -1.99. The number of halogens is 1. The first kappa shape index (κ1) is 9.99. The number of carbonyl (C=O) groups excluding carboxylic acids is 1. The van der Waals surface area contributed by atoms with Crippen LogP contribution in [0.4, 0.5) is 0 Å². The van der Waals surface area contributed by atoms with Crippen molar-refractivity contribution in [2.24, 2.45) is 0 Å². The number of allylic oxidation sites excluding steroid dienone is 1. The molecule has 0 N–H and O–H groups in total. The van der Waals surface area contributed by atoms with E-state index in [1.54, 1.807) is 6.08 Å². The first-order valence-electron chi connectivity index (χ1n) is 3.74. The highest BCUT2D eigenvalue weighted by molar-refractivity contribution is 9.18. The Labute approximate surface area is 85.3 Å². The van der Waals surface area contributed by atoms with Crippen LogP contribution in [-0.2, 0) is 9.53 Å². The lowest BCUT2D eigenvalue weighted by atomic mass is 10.2. The van der Waals surface area contributed by atoms with E-state index in [0.29, 0.717) is 5.76 Å². The molecule has 2 nitrogen and oxygen atoms in total. The quantitative estimate of drug-likeness (QED) is 0.462. The molecule has 0 saturated carbocycles. The van der Waals surface area contributed by atoms with E-state index in [9.17, 15) is 4.79 Å². The van der Waals surface area contributed by atoms with Crippen LogP contribution < -0.4 is 0 Å². The van der Waals surface area contributed by atoms with Crippen molar-refractivity contribution >= 4 is 26.7 Å². The summed E-state index contributed by atoms with van der Waals surface area (Å²) >= 11 is 2.83. The number of ether oxygens (including phenoxy) is 1. The second kappa shape index (κ2) is 4.82. The van der Waals surface area contributed by atoms with E-state index < -0.39 is 0 Å². The minimum atomic E-state index is -0.251. The molecule has 13 heavy (non-hydrogen) atoms. The maximum Gasteiger partial charge on any atom is 0.262 e. The molecular formula is C10H9BrO2. The van der Waals surface area contributed by atoms with Crippen LogP contribution in [0.5, 0.6) is 0 Å². The van der Waals surface area contributed by atoms with Crippen molar-refractivity contribution in [3.05, 3.63) is 41.7 Å². The molecule has 0 aliphatic carbocycles. The van der Waals surface area contributed by atoms with Crippen LogP contribution in [0.15, 0.2) is 36.1 Å². The molecule has 3 heteroatoms. The predicted molar refractivity (Wildman–Crippen MR) is 55.4 cm³/mol. The molecule has 1 aromatic rings. The molecule has 0 radical (unpaired) electrons. The van der Waals surface area contributed by atoms with E-state index in [-0.39, 0.29) is 4.69 Å². The fraction of sp³-hybridized carbons (Fsp3) is 0.100. The lowest BCUT2D eigenvalue weighted by Crippen LogP contribution is -1.94. The molecule has 68 valence electrons. The first-order chi connectivity index (χ1) is 6.24. The maximum atomic E-state index is 10.9. The van der Waals surface area contributed by atoms with Crippen LogP contribution in [-0.4, -0.2) is 11.8 Å². The molecule has 0 aliphatic heterocycles. The Morgan fingerprint density at radius 1 is 1.38 bits per heavy atom. The summed E-state index contributed by atoms with van der Waals surface area (Å²) in [6, 6.07) is 9.51. The SMILES string of the molecule is COC(=Cc1ccccc1)C(=O)Br. The number of hydrogen-bond acceptors (Lipinski definition) is 2. The highest BCUT2D eigenvalue weighted by atomic mass is 79.9. The van der Waals surface area contributed by atoms with E-state index in [4.69, 9.17) is 4.74 Å². The van der Waals surface area contributed by atoms with Gasteiger partial charge in [-0.2, -0.15) is 0 Å². The average Bonchev–Trinajstić information content (AvgIpc) is 2.15. The van der Waals surface area contributed by atoms with Gasteiger partial charge in [0.05, 0.1) is 7.11 Å². The molecule has 0 unspecified atom stereocenters. The third-order valence-corrected chi connectivity index (χ3v) is 1.90.